The molecule has 110 valence electrons. The standard InChI is InChI=1S/C15H14Cl2N2O2/c1-18-15(21)9-2-4-12(5-3-9)19-8-10-6-11(16)7-13(17)14(10)20/h2-7,19-20H,8H2,1H3,(H,18,21). The molecule has 0 heterocycles. The average molecular weight is 325 g/mol. The van der Waals surface area contributed by atoms with Crippen LogP contribution < -0.4 is 10.6 Å². The SMILES string of the molecule is CNC(=O)c1ccc(NCc2cc(Cl)cc(Cl)c2O)cc1. The van der Waals surface area contributed by atoms with E-state index in [0.29, 0.717) is 22.7 Å². The van der Waals surface area contributed by atoms with Gasteiger partial charge in [0.25, 0.3) is 5.91 Å². The van der Waals surface area contributed by atoms with Crippen LogP contribution in [0.4, 0.5) is 5.69 Å². The quantitative estimate of drug-likeness (QED) is 0.804. The molecule has 0 saturated heterocycles. The summed E-state index contributed by atoms with van der Waals surface area (Å²) in [4.78, 5) is 11.4. The van der Waals surface area contributed by atoms with Gasteiger partial charge in [0.1, 0.15) is 5.75 Å². The summed E-state index contributed by atoms with van der Waals surface area (Å²) in [6, 6.07) is 10.1. The van der Waals surface area contributed by atoms with Crippen molar-refractivity contribution in [3.05, 3.63) is 57.6 Å². The Labute approximate surface area is 132 Å². The first-order valence-corrected chi connectivity index (χ1v) is 6.99. The third kappa shape index (κ3) is 3.80. The van der Waals surface area contributed by atoms with E-state index in [-0.39, 0.29) is 16.7 Å². The Morgan fingerprint density at radius 3 is 2.48 bits per heavy atom. The van der Waals surface area contributed by atoms with Gasteiger partial charge in [-0.25, -0.2) is 0 Å². The molecule has 4 nitrogen and oxygen atoms in total. The van der Waals surface area contributed by atoms with Crippen molar-refractivity contribution in [2.45, 2.75) is 6.54 Å². The zero-order valence-corrected chi connectivity index (χ0v) is 12.8. The van der Waals surface area contributed by atoms with Gasteiger partial charge in [0.15, 0.2) is 0 Å². The first-order chi connectivity index (χ1) is 10.0. The minimum Gasteiger partial charge on any atom is -0.506 e. The molecule has 6 heteroatoms. The summed E-state index contributed by atoms with van der Waals surface area (Å²) in [6.07, 6.45) is 0. The van der Waals surface area contributed by atoms with Gasteiger partial charge in [0.05, 0.1) is 5.02 Å². The lowest BCUT2D eigenvalue weighted by Gasteiger charge is -2.10. The number of hydrogen-bond acceptors (Lipinski definition) is 3. The fraction of sp³-hybridized carbons (Fsp3) is 0.133. The van der Waals surface area contributed by atoms with E-state index >= 15 is 0 Å². The number of phenols is 1. The second-order valence-electron chi connectivity index (χ2n) is 4.41. The lowest BCUT2D eigenvalue weighted by atomic mass is 10.1. The summed E-state index contributed by atoms with van der Waals surface area (Å²) in [6.45, 7) is 0.367. The third-order valence-electron chi connectivity index (χ3n) is 2.96. The van der Waals surface area contributed by atoms with Crippen molar-refractivity contribution in [1.82, 2.24) is 5.32 Å². The topological polar surface area (TPSA) is 61.4 Å². The normalized spacial score (nSPS) is 10.2. The van der Waals surface area contributed by atoms with Gasteiger partial charge in [-0.2, -0.15) is 0 Å². The molecule has 0 aliphatic rings. The monoisotopic (exact) mass is 324 g/mol. The Kier molecular flexibility index (Phi) is 4.94. The number of benzene rings is 2. The van der Waals surface area contributed by atoms with E-state index in [2.05, 4.69) is 10.6 Å². The molecule has 0 aliphatic heterocycles. The summed E-state index contributed by atoms with van der Waals surface area (Å²) in [7, 11) is 1.58. The highest BCUT2D eigenvalue weighted by Crippen LogP contribution is 2.31. The number of halogens is 2. The van der Waals surface area contributed by atoms with Crippen molar-refractivity contribution < 1.29 is 9.90 Å². The Balaban J connectivity index is 2.08. The minimum absolute atomic E-state index is 0.00977. The van der Waals surface area contributed by atoms with Crippen LogP contribution in [-0.4, -0.2) is 18.1 Å². The van der Waals surface area contributed by atoms with Gasteiger partial charge in [0, 0.05) is 35.4 Å². The molecule has 1 amide bonds. The van der Waals surface area contributed by atoms with Gasteiger partial charge in [-0.15, -0.1) is 0 Å². The predicted octanol–water partition coefficient (Wildman–Crippen LogP) is 3.67. The van der Waals surface area contributed by atoms with E-state index in [1.807, 2.05) is 0 Å². The van der Waals surface area contributed by atoms with E-state index in [9.17, 15) is 9.90 Å². The van der Waals surface area contributed by atoms with Crippen molar-refractivity contribution in [1.29, 1.82) is 0 Å². The minimum atomic E-state index is -0.138. The average Bonchev–Trinajstić information content (AvgIpc) is 2.49. The molecule has 0 aromatic heterocycles. The molecule has 21 heavy (non-hydrogen) atoms. The summed E-state index contributed by atoms with van der Waals surface area (Å²) in [5.41, 5.74) is 2.00. The van der Waals surface area contributed by atoms with Crippen molar-refractivity contribution in [2.24, 2.45) is 0 Å². The summed E-state index contributed by atoms with van der Waals surface area (Å²) in [5.74, 6) is -0.128. The predicted molar refractivity (Wildman–Crippen MR) is 85.3 cm³/mol. The largest absolute Gasteiger partial charge is 0.506 e. The second-order valence-corrected chi connectivity index (χ2v) is 5.25. The smallest absolute Gasteiger partial charge is 0.251 e. The summed E-state index contributed by atoms with van der Waals surface area (Å²) >= 11 is 11.8. The zero-order chi connectivity index (χ0) is 15.4. The van der Waals surface area contributed by atoms with Crippen molar-refractivity contribution in [3.8, 4) is 5.75 Å². The van der Waals surface area contributed by atoms with Crippen LogP contribution >= 0.6 is 23.2 Å². The maximum Gasteiger partial charge on any atom is 0.251 e. The van der Waals surface area contributed by atoms with E-state index in [4.69, 9.17) is 23.2 Å². The number of carbonyl (C=O) groups excluding carboxylic acids is 1. The fourth-order valence-electron chi connectivity index (χ4n) is 1.84. The van der Waals surface area contributed by atoms with E-state index in [1.165, 1.54) is 6.07 Å². The number of hydrogen-bond donors (Lipinski definition) is 3. The highest BCUT2D eigenvalue weighted by molar-refractivity contribution is 6.35. The Morgan fingerprint density at radius 2 is 1.86 bits per heavy atom. The second kappa shape index (κ2) is 6.70. The molecular formula is C15H14Cl2N2O2. The third-order valence-corrected chi connectivity index (χ3v) is 3.47. The number of anilines is 1. The molecule has 0 unspecified atom stereocenters. The Hall–Kier alpha value is -1.91. The molecule has 0 aliphatic carbocycles. The summed E-state index contributed by atoms with van der Waals surface area (Å²) < 4.78 is 0. The van der Waals surface area contributed by atoms with Crippen LogP contribution in [0.2, 0.25) is 10.0 Å². The van der Waals surface area contributed by atoms with Crippen LogP contribution in [0.3, 0.4) is 0 Å². The Morgan fingerprint density at radius 1 is 1.19 bits per heavy atom. The van der Waals surface area contributed by atoms with Crippen LogP contribution in [0.25, 0.3) is 0 Å². The molecule has 0 bridgehead atoms. The zero-order valence-electron chi connectivity index (χ0n) is 11.3. The fourth-order valence-corrected chi connectivity index (χ4v) is 2.37. The molecule has 2 aromatic carbocycles. The van der Waals surface area contributed by atoms with Crippen LogP contribution in [0.1, 0.15) is 15.9 Å². The van der Waals surface area contributed by atoms with E-state index in [1.54, 1.807) is 37.4 Å². The van der Waals surface area contributed by atoms with Crippen LogP contribution in [0, 0.1) is 0 Å². The Bertz CT molecular complexity index is 657. The molecule has 0 atom stereocenters. The van der Waals surface area contributed by atoms with Gasteiger partial charge in [0.2, 0.25) is 0 Å². The number of carbonyl (C=O) groups is 1. The number of rotatable bonds is 4. The van der Waals surface area contributed by atoms with E-state index < -0.39 is 0 Å². The lowest BCUT2D eigenvalue weighted by Crippen LogP contribution is -2.17. The maximum atomic E-state index is 11.4. The molecule has 0 radical (unpaired) electrons. The van der Waals surface area contributed by atoms with Gasteiger partial charge < -0.3 is 15.7 Å². The first-order valence-electron chi connectivity index (χ1n) is 6.24. The lowest BCUT2D eigenvalue weighted by molar-refractivity contribution is 0.0963. The van der Waals surface area contributed by atoms with Gasteiger partial charge in [-0.1, -0.05) is 23.2 Å². The number of nitrogens with one attached hydrogen (secondary N) is 2. The molecule has 3 N–H and O–H groups in total. The molecule has 2 rings (SSSR count). The van der Waals surface area contributed by atoms with Crippen LogP contribution in [0.5, 0.6) is 5.75 Å². The molecular weight excluding hydrogens is 311 g/mol. The van der Waals surface area contributed by atoms with Gasteiger partial charge in [-0.05, 0) is 36.4 Å². The molecule has 0 fully saturated rings. The van der Waals surface area contributed by atoms with Crippen molar-refractivity contribution in [2.75, 3.05) is 12.4 Å². The molecule has 2 aromatic rings. The van der Waals surface area contributed by atoms with Crippen molar-refractivity contribution in [3.63, 3.8) is 0 Å². The number of amides is 1. The highest BCUT2D eigenvalue weighted by Gasteiger charge is 2.08. The highest BCUT2D eigenvalue weighted by atomic mass is 35.5. The van der Waals surface area contributed by atoms with Crippen molar-refractivity contribution >= 4 is 34.8 Å². The van der Waals surface area contributed by atoms with Gasteiger partial charge in [-0.3, -0.25) is 4.79 Å². The number of phenolic OH excluding ortho intramolecular Hbond substituents is 1. The van der Waals surface area contributed by atoms with E-state index in [0.717, 1.165) is 5.69 Å². The van der Waals surface area contributed by atoms with Gasteiger partial charge >= 0.3 is 0 Å². The molecule has 0 saturated carbocycles. The van der Waals surface area contributed by atoms with Crippen LogP contribution in [0.15, 0.2) is 36.4 Å². The summed E-state index contributed by atoms with van der Waals surface area (Å²) in [5, 5.41) is 16.2. The first kappa shape index (κ1) is 15.5. The van der Waals surface area contributed by atoms with Crippen LogP contribution in [-0.2, 0) is 6.54 Å². The molecule has 0 spiro atoms. The maximum absolute atomic E-state index is 11.4. The number of aromatic hydroxyl groups is 1.